The Morgan fingerprint density at radius 1 is 1.00 bits per heavy atom. The van der Waals surface area contributed by atoms with E-state index in [0.29, 0.717) is 59.4 Å². The van der Waals surface area contributed by atoms with Gasteiger partial charge in [0.05, 0.1) is 5.69 Å². The summed E-state index contributed by atoms with van der Waals surface area (Å²) in [6.07, 6.45) is 1.44. The molecule has 8 nitrogen and oxygen atoms in total. The Hall–Kier alpha value is -3.59. The summed E-state index contributed by atoms with van der Waals surface area (Å²) in [6.45, 7) is 2.25. The zero-order chi connectivity index (χ0) is 21.4. The first-order chi connectivity index (χ1) is 15.1. The Morgan fingerprint density at radius 3 is 2.58 bits per heavy atom. The van der Waals surface area contributed by atoms with Crippen molar-refractivity contribution in [1.29, 1.82) is 0 Å². The van der Waals surface area contributed by atoms with Gasteiger partial charge in [-0.3, -0.25) is 4.79 Å². The average molecular weight is 438 g/mol. The molecule has 3 heterocycles. The van der Waals surface area contributed by atoms with Crippen molar-refractivity contribution in [2.75, 3.05) is 31.1 Å². The van der Waals surface area contributed by atoms with E-state index < -0.39 is 0 Å². The van der Waals surface area contributed by atoms with Crippen LogP contribution in [-0.2, 0) is 0 Å². The van der Waals surface area contributed by atoms with E-state index in [2.05, 4.69) is 25.2 Å². The maximum absolute atomic E-state index is 13.6. The third kappa shape index (κ3) is 3.68. The third-order valence-electron chi connectivity index (χ3n) is 5.21. The molecule has 1 saturated heterocycles. The van der Waals surface area contributed by atoms with Gasteiger partial charge in [0.15, 0.2) is 17.0 Å². The number of aromatic nitrogens is 5. The fraction of sp³-hybridized carbons (Fsp3) is 0.190. The van der Waals surface area contributed by atoms with Crippen molar-refractivity contribution in [3.8, 4) is 5.69 Å². The topological polar surface area (TPSA) is 80.0 Å². The van der Waals surface area contributed by atoms with E-state index in [4.69, 9.17) is 11.6 Å². The lowest BCUT2D eigenvalue weighted by Gasteiger charge is -2.35. The van der Waals surface area contributed by atoms with Crippen molar-refractivity contribution in [3.05, 3.63) is 71.3 Å². The molecule has 0 aliphatic carbocycles. The van der Waals surface area contributed by atoms with Crippen LogP contribution in [0.4, 0.5) is 10.2 Å². The Kier molecular flexibility index (Phi) is 4.95. The predicted molar refractivity (Wildman–Crippen MR) is 114 cm³/mol. The number of halogens is 2. The highest BCUT2D eigenvalue weighted by Gasteiger charge is 2.25. The van der Waals surface area contributed by atoms with Gasteiger partial charge in [-0.2, -0.15) is 4.68 Å². The quantitative estimate of drug-likeness (QED) is 0.490. The Morgan fingerprint density at radius 2 is 1.81 bits per heavy atom. The number of hydrogen-bond acceptors (Lipinski definition) is 6. The van der Waals surface area contributed by atoms with Crippen molar-refractivity contribution in [1.82, 2.24) is 29.9 Å². The van der Waals surface area contributed by atoms with Crippen LogP contribution in [0.3, 0.4) is 0 Å². The normalized spacial score (nSPS) is 14.3. The molecule has 0 unspecified atom stereocenters. The Labute approximate surface area is 181 Å². The van der Waals surface area contributed by atoms with Crippen molar-refractivity contribution < 1.29 is 9.18 Å². The van der Waals surface area contributed by atoms with Crippen molar-refractivity contribution >= 4 is 34.5 Å². The van der Waals surface area contributed by atoms with Crippen LogP contribution in [0.1, 0.15) is 10.4 Å². The van der Waals surface area contributed by atoms with Gasteiger partial charge >= 0.3 is 0 Å². The molecular formula is C21H17ClFN7O. The number of piperazine rings is 1. The molecule has 5 rings (SSSR count). The number of carbonyl (C=O) groups is 1. The van der Waals surface area contributed by atoms with E-state index in [0.717, 1.165) is 0 Å². The van der Waals surface area contributed by atoms with Crippen LogP contribution >= 0.6 is 11.6 Å². The van der Waals surface area contributed by atoms with E-state index in [-0.39, 0.29) is 11.7 Å². The summed E-state index contributed by atoms with van der Waals surface area (Å²) in [7, 11) is 0. The summed E-state index contributed by atoms with van der Waals surface area (Å²) >= 11 is 6.01. The molecular weight excluding hydrogens is 421 g/mol. The van der Waals surface area contributed by atoms with Crippen LogP contribution in [0.2, 0.25) is 5.02 Å². The minimum absolute atomic E-state index is 0.0490. The fourth-order valence-corrected chi connectivity index (χ4v) is 3.87. The lowest BCUT2D eigenvalue weighted by Crippen LogP contribution is -2.49. The largest absolute Gasteiger partial charge is 0.351 e. The van der Waals surface area contributed by atoms with Crippen molar-refractivity contribution in [2.24, 2.45) is 0 Å². The highest BCUT2D eigenvalue weighted by Crippen LogP contribution is 2.24. The molecule has 1 aliphatic heterocycles. The summed E-state index contributed by atoms with van der Waals surface area (Å²) < 4.78 is 15.1. The van der Waals surface area contributed by atoms with Gasteiger partial charge in [0.25, 0.3) is 5.91 Å². The first kappa shape index (κ1) is 19.4. The van der Waals surface area contributed by atoms with Crippen molar-refractivity contribution in [2.45, 2.75) is 0 Å². The molecule has 0 bridgehead atoms. The molecule has 0 atom stereocenters. The van der Waals surface area contributed by atoms with E-state index in [1.807, 2.05) is 0 Å². The molecule has 0 N–H and O–H groups in total. The summed E-state index contributed by atoms with van der Waals surface area (Å²) in [5.41, 5.74) is 2.13. The second-order valence-electron chi connectivity index (χ2n) is 7.14. The molecule has 0 spiro atoms. The van der Waals surface area contributed by atoms with Gasteiger partial charge in [0, 0.05) is 36.8 Å². The van der Waals surface area contributed by atoms with Crippen LogP contribution in [0, 0.1) is 5.82 Å². The standard InChI is InChI=1S/C21H17ClFN7O/c22-15-4-1-3-14(11-15)21(31)29-9-7-28(8-10-29)19-18-20(25-13-24-19)30(27-26-18)17-6-2-5-16(23)12-17/h1-6,11-13H,7-10H2. The molecule has 4 aromatic rings. The molecule has 0 radical (unpaired) electrons. The first-order valence-electron chi connectivity index (χ1n) is 9.72. The van der Waals surface area contributed by atoms with Crippen LogP contribution in [0.25, 0.3) is 16.9 Å². The molecule has 2 aromatic heterocycles. The second kappa shape index (κ2) is 7.92. The van der Waals surface area contributed by atoms with E-state index in [9.17, 15) is 9.18 Å². The van der Waals surface area contributed by atoms with Crippen LogP contribution < -0.4 is 4.90 Å². The predicted octanol–water partition coefficient (Wildman–Crippen LogP) is 2.97. The molecule has 2 aromatic carbocycles. The maximum Gasteiger partial charge on any atom is 0.254 e. The number of benzene rings is 2. The van der Waals surface area contributed by atoms with Gasteiger partial charge in [0.1, 0.15) is 12.1 Å². The SMILES string of the molecule is O=C(c1cccc(Cl)c1)N1CCN(c2ncnc3c2nnn3-c2cccc(F)c2)CC1. The molecule has 1 aliphatic rings. The summed E-state index contributed by atoms with van der Waals surface area (Å²) in [6, 6.07) is 13.0. The average Bonchev–Trinajstić information content (AvgIpc) is 3.23. The van der Waals surface area contributed by atoms with Gasteiger partial charge < -0.3 is 9.80 Å². The van der Waals surface area contributed by atoms with Crippen LogP contribution in [-0.4, -0.2) is 61.9 Å². The Bertz CT molecular complexity index is 1270. The van der Waals surface area contributed by atoms with Gasteiger partial charge in [-0.1, -0.05) is 28.9 Å². The smallest absolute Gasteiger partial charge is 0.254 e. The van der Waals surface area contributed by atoms with Gasteiger partial charge in [-0.15, -0.1) is 5.10 Å². The molecule has 1 amide bonds. The zero-order valence-electron chi connectivity index (χ0n) is 16.3. The highest BCUT2D eigenvalue weighted by molar-refractivity contribution is 6.30. The Balaban J connectivity index is 1.37. The number of rotatable bonds is 3. The number of carbonyl (C=O) groups excluding carboxylic acids is 1. The highest BCUT2D eigenvalue weighted by atomic mass is 35.5. The monoisotopic (exact) mass is 437 g/mol. The lowest BCUT2D eigenvalue weighted by molar-refractivity contribution is 0.0746. The fourth-order valence-electron chi connectivity index (χ4n) is 3.68. The molecule has 156 valence electrons. The third-order valence-corrected chi connectivity index (χ3v) is 5.44. The van der Waals surface area contributed by atoms with E-state index in [1.54, 1.807) is 41.3 Å². The number of nitrogens with zero attached hydrogens (tertiary/aromatic N) is 7. The molecule has 31 heavy (non-hydrogen) atoms. The maximum atomic E-state index is 13.6. The van der Waals surface area contributed by atoms with Gasteiger partial charge in [0.2, 0.25) is 0 Å². The minimum atomic E-state index is -0.365. The van der Waals surface area contributed by atoms with Gasteiger partial charge in [-0.05, 0) is 36.4 Å². The van der Waals surface area contributed by atoms with E-state index >= 15 is 0 Å². The van der Waals surface area contributed by atoms with Crippen LogP contribution in [0.15, 0.2) is 54.9 Å². The number of hydrogen-bond donors (Lipinski definition) is 0. The van der Waals surface area contributed by atoms with Crippen LogP contribution in [0.5, 0.6) is 0 Å². The number of amides is 1. The minimum Gasteiger partial charge on any atom is -0.351 e. The number of fused-ring (bicyclic) bond motifs is 1. The summed E-state index contributed by atoms with van der Waals surface area (Å²) in [4.78, 5) is 25.3. The molecule has 10 heteroatoms. The second-order valence-corrected chi connectivity index (χ2v) is 7.58. The van der Waals surface area contributed by atoms with Crippen molar-refractivity contribution in [3.63, 3.8) is 0 Å². The van der Waals surface area contributed by atoms with Gasteiger partial charge in [-0.25, -0.2) is 14.4 Å². The first-order valence-corrected chi connectivity index (χ1v) is 10.1. The summed E-state index contributed by atoms with van der Waals surface area (Å²) in [5.74, 6) is 0.227. The van der Waals surface area contributed by atoms with E-state index in [1.165, 1.54) is 23.1 Å². The molecule has 0 saturated carbocycles. The zero-order valence-corrected chi connectivity index (χ0v) is 17.1. The lowest BCUT2D eigenvalue weighted by atomic mass is 10.2. The molecule has 1 fully saturated rings. The summed E-state index contributed by atoms with van der Waals surface area (Å²) in [5, 5.41) is 8.92. The number of anilines is 1.